The molecule has 13 heteroatoms. The SMILES string of the molecule is CS(=O)(=O)N(CC(=O)N/N=C/c1ccccc1[N+](=O)[O-])c1cccc([N+](=O)[O-])c1. The fourth-order valence-electron chi connectivity index (χ4n) is 2.26. The lowest BCUT2D eigenvalue weighted by Crippen LogP contribution is -2.39. The second kappa shape index (κ2) is 8.88. The first-order chi connectivity index (χ1) is 13.6. The Bertz CT molecular complexity index is 1080. The maximum atomic E-state index is 12.1. The molecule has 1 amide bonds. The van der Waals surface area contributed by atoms with Gasteiger partial charge in [0.15, 0.2) is 0 Å². The number of carbonyl (C=O) groups excluding carboxylic acids is 1. The van der Waals surface area contributed by atoms with E-state index in [1.165, 1.54) is 36.4 Å². The van der Waals surface area contributed by atoms with Crippen molar-refractivity contribution in [3.63, 3.8) is 0 Å². The molecular weight excluding hydrogens is 406 g/mol. The van der Waals surface area contributed by atoms with Gasteiger partial charge in [-0.25, -0.2) is 13.8 Å². The summed E-state index contributed by atoms with van der Waals surface area (Å²) in [6, 6.07) is 10.5. The number of amides is 1. The van der Waals surface area contributed by atoms with Crippen LogP contribution in [0.15, 0.2) is 53.6 Å². The largest absolute Gasteiger partial charge is 0.278 e. The maximum Gasteiger partial charge on any atom is 0.278 e. The Balaban J connectivity index is 2.17. The van der Waals surface area contributed by atoms with E-state index in [1.54, 1.807) is 6.07 Å². The number of para-hydroxylation sites is 1. The molecule has 152 valence electrons. The number of nitro benzene ring substituents is 2. The molecule has 0 atom stereocenters. The van der Waals surface area contributed by atoms with Crippen molar-refractivity contribution in [3.8, 4) is 0 Å². The molecule has 2 aromatic carbocycles. The summed E-state index contributed by atoms with van der Waals surface area (Å²) in [5.41, 5.74) is 1.58. The number of non-ortho nitro benzene ring substituents is 1. The number of rotatable bonds is 8. The highest BCUT2D eigenvalue weighted by Crippen LogP contribution is 2.23. The Labute approximate surface area is 164 Å². The normalized spacial score (nSPS) is 11.2. The number of benzene rings is 2. The molecule has 29 heavy (non-hydrogen) atoms. The van der Waals surface area contributed by atoms with Crippen LogP contribution in [0.4, 0.5) is 17.1 Å². The molecule has 0 spiro atoms. The number of hydrazone groups is 1. The first-order valence-corrected chi connectivity index (χ1v) is 9.72. The Morgan fingerprint density at radius 1 is 1.14 bits per heavy atom. The summed E-state index contributed by atoms with van der Waals surface area (Å²) in [5.74, 6) is -0.850. The average Bonchev–Trinajstić information content (AvgIpc) is 2.65. The maximum absolute atomic E-state index is 12.1. The van der Waals surface area contributed by atoms with Gasteiger partial charge in [-0.2, -0.15) is 5.10 Å². The van der Waals surface area contributed by atoms with Crippen LogP contribution in [0.2, 0.25) is 0 Å². The topological polar surface area (TPSA) is 165 Å². The van der Waals surface area contributed by atoms with Crippen molar-refractivity contribution in [1.82, 2.24) is 5.43 Å². The number of nitrogens with one attached hydrogen (secondary N) is 1. The van der Waals surface area contributed by atoms with Gasteiger partial charge in [0.05, 0.1) is 33.6 Å². The van der Waals surface area contributed by atoms with Crippen LogP contribution in [0.25, 0.3) is 0 Å². The predicted molar refractivity (Wildman–Crippen MR) is 104 cm³/mol. The molecule has 0 heterocycles. The van der Waals surface area contributed by atoms with Crippen molar-refractivity contribution in [2.45, 2.75) is 0 Å². The van der Waals surface area contributed by atoms with Crippen molar-refractivity contribution in [1.29, 1.82) is 0 Å². The highest BCUT2D eigenvalue weighted by molar-refractivity contribution is 7.92. The van der Waals surface area contributed by atoms with Gasteiger partial charge in [-0.1, -0.05) is 18.2 Å². The third-order valence-corrected chi connectivity index (χ3v) is 4.68. The first kappa shape index (κ1) is 21.4. The summed E-state index contributed by atoms with van der Waals surface area (Å²) in [7, 11) is -3.94. The molecule has 0 aromatic heterocycles. The van der Waals surface area contributed by atoms with E-state index < -0.39 is 32.3 Å². The van der Waals surface area contributed by atoms with E-state index in [0.717, 1.165) is 18.5 Å². The zero-order valence-corrected chi connectivity index (χ0v) is 15.8. The zero-order chi connectivity index (χ0) is 21.6. The fourth-order valence-corrected chi connectivity index (χ4v) is 3.11. The number of anilines is 1. The minimum absolute atomic E-state index is 0.0699. The number of hydrogen-bond donors (Lipinski definition) is 1. The van der Waals surface area contributed by atoms with E-state index in [4.69, 9.17) is 0 Å². The van der Waals surface area contributed by atoms with E-state index in [2.05, 4.69) is 10.5 Å². The molecule has 0 saturated heterocycles. The molecule has 0 fully saturated rings. The Hall–Kier alpha value is -3.87. The molecule has 1 N–H and O–H groups in total. The first-order valence-electron chi connectivity index (χ1n) is 7.87. The third kappa shape index (κ3) is 5.80. The molecule has 12 nitrogen and oxygen atoms in total. The van der Waals surface area contributed by atoms with Gasteiger partial charge >= 0.3 is 0 Å². The second-order valence-electron chi connectivity index (χ2n) is 5.66. The molecular formula is C16H15N5O7S. The van der Waals surface area contributed by atoms with Gasteiger partial charge in [-0.15, -0.1) is 0 Å². The van der Waals surface area contributed by atoms with E-state index in [9.17, 15) is 33.4 Å². The van der Waals surface area contributed by atoms with Crippen molar-refractivity contribution in [2.75, 3.05) is 17.1 Å². The van der Waals surface area contributed by atoms with Gasteiger partial charge < -0.3 is 0 Å². The fraction of sp³-hybridized carbons (Fsp3) is 0.125. The van der Waals surface area contributed by atoms with E-state index in [-0.39, 0.29) is 22.6 Å². The smallest absolute Gasteiger partial charge is 0.271 e. The van der Waals surface area contributed by atoms with Crippen molar-refractivity contribution < 1.29 is 23.1 Å². The molecule has 2 aromatic rings. The molecule has 0 saturated carbocycles. The van der Waals surface area contributed by atoms with Crippen LogP contribution in [-0.2, 0) is 14.8 Å². The van der Waals surface area contributed by atoms with E-state index >= 15 is 0 Å². The predicted octanol–water partition coefficient (Wildman–Crippen LogP) is 1.42. The number of nitro groups is 2. The quantitative estimate of drug-likeness (QED) is 0.382. The van der Waals surface area contributed by atoms with Gasteiger partial charge in [0, 0.05) is 18.2 Å². The highest BCUT2D eigenvalue weighted by atomic mass is 32.2. The third-order valence-electron chi connectivity index (χ3n) is 3.54. The number of sulfonamides is 1. The molecule has 0 radical (unpaired) electrons. The summed E-state index contributed by atoms with van der Waals surface area (Å²) < 4.78 is 24.7. The van der Waals surface area contributed by atoms with Gasteiger partial charge in [0.1, 0.15) is 6.54 Å². The summed E-state index contributed by atoms with van der Waals surface area (Å²) in [6.45, 7) is -0.700. The Morgan fingerprint density at radius 2 is 1.83 bits per heavy atom. The molecule has 0 aliphatic rings. The van der Waals surface area contributed by atoms with Crippen LogP contribution in [0, 0.1) is 20.2 Å². The molecule has 2 rings (SSSR count). The van der Waals surface area contributed by atoms with E-state index in [0.29, 0.717) is 4.31 Å². The number of nitrogens with zero attached hydrogens (tertiary/aromatic N) is 4. The second-order valence-corrected chi connectivity index (χ2v) is 7.56. The molecule has 0 unspecified atom stereocenters. The van der Waals surface area contributed by atoms with Crippen LogP contribution < -0.4 is 9.73 Å². The molecule has 0 bridgehead atoms. The summed E-state index contributed by atoms with van der Waals surface area (Å²) in [4.78, 5) is 32.6. The molecule has 0 aliphatic carbocycles. The van der Waals surface area contributed by atoms with E-state index in [1.807, 2.05) is 0 Å². The van der Waals surface area contributed by atoms with Crippen LogP contribution in [-0.4, -0.2) is 43.2 Å². The van der Waals surface area contributed by atoms with Crippen molar-refractivity contribution in [3.05, 3.63) is 74.3 Å². The molecule has 0 aliphatic heterocycles. The number of carbonyl (C=O) groups is 1. The van der Waals surface area contributed by atoms with Gasteiger partial charge in [-0.05, 0) is 12.1 Å². The van der Waals surface area contributed by atoms with Crippen LogP contribution >= 0.6 is 0 Å². The summed E-state index contributed by atoms with van der Waals surface area (Å²) in [5, 5.41) is 25.4. The van der Waals surface area contributed by atoms with Crippen molar-refractivity contribution >= 4 is 39.2 Å². The Morgan fingerprint density at radius 3 is 2.45 bits per heavy atom. The van der Waals surface area contributed by atoms with Crippen LogP contribution in [0.3, 0.4) is 0 Å². The summed E-state index contributed by atoms with van der Waals surface area (Å²) >= 11 is 0. The van der Waals surface area contributed by atoms with Gasteiger partial charge in [0.2, 0.25) is 10.0 Å². The lowest BCUT2D eigenvalue weighted by atomic mass is 10.2. The standard InChI is InChI=1S/C16H15N5O7S/c1-29(27,28)19(13-6-4-7-14(9-13)20(23)24)11-16(22)18-17-10-12-5-2-3-8-15(12)21(25)26/h2-10H,11H2,1H3,(H,18,22)/b17-10+. The van der Waals surface area contributed by atoms with Gasteiger partial charge in [0.25, 0.3) is 17.3 Å². The van der Waals surface area contributed by atoms with Gasteiger partial charge in [-0.3, -0.25) is 29.3 Å². The Kier molecular flexibility index (Phi) is 6.56. The number of hydrogen-bond acceptors (Lipinski definition) is 8. The monoisotopic (exact) mass is 421 g/mol. The average molecular weight is 421 g/mol. The van der Waals surface area contributed by atoms with Crippen molar-refractivity contribution in [2.24, 2.45) is 5.10 Å². The lowest BCUT2D eigenvalue weighted by Gasteiger charge is -2.21. The minimum Gasteiger partial charge on any atom is -0.271 e. The highest BCUT2D eigenvalue weighted by Gasteiger charge is 2.22. The lowest BCUT2D eigenvalue weighted by molar-refractivity contribution is -0.385. The zero-order valence-electron chi connectivity index (χ0n) is 15.0. The summed E-state index contributed by atoms with van der Waals surface area (Å²) in [6.07, 6.45) is 1.89. The minimum atomic E-state index is -3.94. The van der Waals surface area contributed by atoms with Crippen LogP contribution in [0.1, 0.15) is 5.56 Å². The van der Waals surface area contributed by atoms with Crippen LogP contribution in [0.5, 0.6) is 0 Å².